The van der Waals surface area contributed by atoms with Crippen molar-refractivity contribution in [2.24, 2.45) is 12.1 Å². The van der Waals surface area contributed by atoms with Crippen molar-refractivity contribution in [3.05, 3.63) is 48.2 Å². The van der Waals surface area contributed by atoms with Crippen LogP contribution in [-0.4, -0.2) is 16.7 Å². The molecule has 0 saturated heterocycles. The van der Waals surface area contributed by atoms with E-state index in [1.807, 2.05) is 30.1 Å². The van der Waals surface area contributed by atoms with Crippen LogP contribution in [0.4, 0.5) is 0 Å². The van der Waals surface area contributed by atoms with Crippen molar-refractivity contribution in [2.45, 2.75) is 0 Å². The first-order valence-corrected chi connectivity index (χ1v) is 4.74. The minimum Gasteiger partial charge on any atom is -0.459 e. The Hall–Kier alpha value is -2.30. The first-order valence-electron chi connectivity index (χ1n) is 4.74. The van der Waals surface area contributed by atoms with Gasteiger partial charge in [0.15, 0.2) is 5.76 Å². The van der Waals surface area contributed by atoms with Gasteiger partial charge in [-0.15, -0.1) is 0 Å². The topological polar surface area (TPSA) is 59.5 Å². The Balaban J connectivity index is 1.93. The second kappa shape index (κ2) is 4.48. The van der Waals surface area contributed by atoms with Gasteiger partial charge in [-0.25, -0.2) is 5.43 Å². The fraction of sp³-hybridized carbons (Fsp3) is 0.0909. The summed E-state index contributed by atoms with van der Waals surface area (Å²) < 4.78 is 6.81. The third-order valence-corrected chi connectivity index (χ3v) is 1.98. The molecule has 0 fully saturated rings. The van der Waals surface area contributed by atoms with Crippen LogP contribution in [0.5, 0.6) is 0 Å². The smallest absolute Gasteiger partial charge is 0.307 e. The van der Waals surface area contributed by atoms with E-state index in [-0.39, 0.29) is 11.7 Å². The third-order valence-electron chi connectivity index (χ3n) is 1.98. The van der Waals surface area contributed by atoms with Gasteiger partial charge in [-0.2, -0.15) is 5.10 Å². The molecular weight excluding hydrogens is 206 g/mol. The van der Waals surface area contributed by atoms with Gasteiger partial charge in [0.1, 0.15) is 0 Å². The zero-order chi connectivity index (χ0) is 11.4. The molecule has 0 aliphatic rings. The van der Waals surface area contributed by atoms with Gasteiger partial charge in [0.25, 0.3) is 0 Å². The first kappa shape index (κ1) is 10.2. The molecule has 0 aliphatic heterocycles. The molecular formula is C11H11N3O2. The number of hydrogen-bond acceptors (Lipinski definition) is 3. The number of furan rings is 1. The van der Waals surface area contributed by atoms with Crippen LogP contribution >= 0.6 is 0 Å². The highest BCUT2D eigenvalue weighted by Gasteiger charge is 2.05. The highest BCUT2D eigenvalue weighted by atomic mass is 16.3. The summed E-state index contributed by atoms with van der Waals surface area (Å²) in [7, 11) is 1.92. The Morgan fingerprint density at radius 1 is 1.56 bits per heavy atom. The molecule has 5 heteroatoms. The summed E-state index contributed by atoms with van der Waals surface area (Å²) in [5.74, 6) is -0.123. The fourth-order valence-electron chi connectivity index (χ4n) is 1.23. The average molecular weight is 217 g/mol. The summed E-state index contributed by atoms with van der Waals surface area (Å²) >= 11 is 0. The number of aryl methyl sites for hydroxylation is 1. The van der Waals surface area contributed by atoms with Gasteiger partial charge in [-0.05, 0) is 18.2 Å². The molecule has 2 aromatic heterocycles. The highest BCUT2D eigenvalue weighted by molar-refractivity contribution is 5.92. The molecule has 2 aromatic rings. The molecule has 0 bridgehead atoms. The summed E-state index contributed by atoms with van der Waals surface area (Å²) in [5.41, 5.74) is 3.29. The van der Waals surface area contributed by atoms with E-state index in [0.717, 1.165) is 5.56 Å². The summed E-state index contributed by atoms with van der Waals surface area (Å²) in [6, 6.07) is 5.12. The molecule has 0 unspecified atom stereocenters. The number of rotatable bonds is 3. The Morgan fingerprint density at radius 2 is 2.44 bits per heavy atom. The first-order chi connectivity index (χ1) is 7.75. The molecule has 0 saturated carbocycles. The number of amides is 1. The predicted molar refractivity (Wildman–Crippen MR) is 59.2 cm³/mol. The summed E-state index contributed by atoms with van der Waals surface area (Å²) in [5, 5.41) is 3.81. The molecule has 2 rings (SSSR count). The van der Waals surface area contributed by atoms with Crippen LogP contribution in [0.15, 0.2) is 46.4 Å². The maximum Gasteiger partial charge on any atom is 0.307 e. The largest absolute Gasteiger partial charge is 0.459 e. The van der Waals surface area contributed by atoms with Gasteiger partial charge < -0.3 is 8.98 Å². The van der Waals surface area contributed by atoms with Gasteiger partial charge >= 0.3 is 5.91 Å². The minimum absolute atomic E-state index is 0.241. The van der Waals surface area contributed by atoms with E-state index in [9.17, 15) is 4.79 Å². The van der Waals surface area contributed by atoms with Crippen molar-refractivity contribution >= 4 is 12.1 Å². The Kier molecular flexibility index (Phi) is 2.86. The lowest BCUT2D eigenvalue weighted by atomic mass is 10.4. The Bertz CT molecular complexity index is 497. The van der Waals surface area contributed by atoms with Gasteiger partial charge in [-0.3, -0.25) is 4.79 Å². The summed E-state index contributed by atoms with van der Waals surface area (Å²) in [4.78, 5) is 11.4. The van der Waals surface area contributed by atoms with Crippen molar-refractivity contribution in [3.8, 4) is 0 Å². The zero-order valence-electron chi connectivity index (χ0n) is 8.75. The van der Waals surface area contributed by atoms with Crippen LogP contribution < -0.4 is 5.43 Å². The molecule has 0 aromatic carbocycles. The Morgan fingerprint density at radius 3 is 3.06 bits per heavy atom. The van der Waals surface area contributed by atoms with Crippen molar-refractivity contribution in [1.29, 1.82) is 0 Å². The maximum atomic E-state index is 11.4. The number of carbonyl (C=O) groups excluding carboxylic acids is 1. The van der Waals surface area contributed by atoms with Gasteiger partial charge in [0.05, 0.1) is 12.5 Å². The highest BCUT2D eigenvalue weighted by Crippen LogP contribution is 1.99. The minimum atomic E-state index is -0.364. The molecule has 2 heterocycles. The molecule has 1 N–H and O–H groups in total. The number of nitrogens with one attached hydrogen (secondary N) is 1. The average Bonchev–Trinajstić information content (AvgIpc) is 2.89. The second-order valence-corrected chi connectivity index (χ2v) is 3.29. The lowest BCUT2D eigenvalue weighted by Crippen LogP contribution is -2.16. The predicted octanol–water partition coefficient (Wildman–Crippen LogP) is 1.38. The van der Waals surface area contributed by atoms with Crippen molar-refractivity contribution < 1.29 is 9.21 Å². The quantitative estimate of drug-likeness (QED) is 0.623. The molecule has 0 spiro atoms. The number of carbonyl (C=O) groups is 1. The SMILES string of the molecule is Cn1ccc(/C=N/NC(=O)c2ccco2)c1. The van der Waals surface area contributed by atoms with E-state index in [4.69, 9.17) is 4.42 Å². The number of nitrogens with zero attached hydrogens (tertiary/aromatic N) is 2. The van der Waals surface area contributed by atoms with E-state index < -0.39 is 0 Å². The van der Waals surface area contributed by atoms with E-state index >= 15 is 0 Å². The van der Waals surface area contributed by atoms with Crippen LogP contribution in [0.2, 0.25) is 0 Å². The molecule has 1 amide bonds. The van der Waals surface area contributed by atoms with Crippen molar-refractivity contribution in [3.63, 3.8) is 0 Å². The standard InChI is InChI=1S/C11H11N3O2/c1-14-5-4-9(8-14)7-12-13-11(15)10-3-2-6-16-10/h2-8H,1H3,(H,13,15)/b12-7+. The third kappa shape index (κ3) is 2.38. The fourth-order valence-corrected chi connectivity index (χ4v) is 1.23. The van der Waals surface area contributed by atoms with Crippen LogP contribution in [0, 0.1) is 0 Å². The molecule has 5 nitrogen and oxygen atoms in total. The summed E-state index contributed by atoms with van der Waals surface area (Å²) in [6.45, 7) is 0. The van der Waals surface area contributed by atoms with Gasteiger partial charge in [-0.1, -0.05) is 0 Å². The molecule has 82 valence electrons. The number of hydrogen-bond donors (Lipinski definition) is 1. The molecule has 0 aliphatic carbocycles. The van der Waals surface area contributed by atoms with Crippen LogP contribution in [0.25, 0.3) is 0 Å². The zero-order valence-corrected chi connectivity index (χ0v) is 8.75. The maximum absolute atomic E-state index is 11.4. The van der Waals surface area contributed by atoms with Crippen LogP contribution in [-0.2, 0) is 7.05 Å². The molecule has 0 atom stereocenters. The lowest BCUT2D eigenvalue weighted by molar-refractivity contribution is 0.0927. The normalized spacial score (nSPS) is 10.8. The van der Waals surface area contributed by atoms with E-state index in [2.05, 4.69) is 10.5 Å². The molecule has 16 heavy (non-hydrogen) atoms. The van der Waals surface area contributed by atoms with E-state index in [1.165, 1.54) is 6.26 Å². The monoisotopic (exact) mass is 217 g/mol. The van der Waals surface area contributed by atoms with E-state index in [1.54, 1.807) is 18.3 Å². The van der Waals surface area contributed by atoms with E-state index in [0.29, 0.717) is 0 Å². The van der Waals surface area contributed by atoms with Crippen LogP contribution in [0.1, 0.15) is 16.1 Å². The van der Waals surface area contributed by atoms with Crippen molar-refractivity contribution in [2.75, 3.05) is 0 Å². The van der Waals surface area contributed by atoms with Gasteiger partial charge in [0.2, 0.25) is 0 Å². The summed E-state index contributed by atoms with van der Waals surface area (Å²) in [6.07, 6.45) is 6.80. The number of hydrazone groups is 1. The van der Waals surface area contributed by atoms with Crippen LogP contribution in [0.3, 0.4) is 0 Å². The Labute approximate surface area is 92.4 Å². The lowest BCUT2D eigenvalue weighted by Gasteiger charge is -1.93. The number of aromatic nitrogens is 1. The molecule has 0 radical (unpaired) electrons. The van der Waals surface area contributed by atoms with Crippen molar-refractivity contribution in [1.82, 2.24) is 9.99 Å². The second-order valence-electron chi connectivity index (χ2n) is 3.29. The van der Waals surface area contributed by atoms with Gasteiger partial charge in [0, 0.05) is 25.0 Å².